The van der Waals surface area contributed by atoms with Gasteiger partial charge in [-0.05, 0) is 56.7 Å². The number of allylic oxidation sites excluding steroid dienone is 1. The van der Waals surface area contributed by atoms with Crippen molar-refractivity contribution in [2.45, 2.75) is 26.3 Å². The molecule has 0 spiro atoms. The topological polar surface area (TPSA) is 129 Å². The molecule has 0 saturated carbocycles. The van der Waals surface area contributed by atoms with Gasteiger partial charge in [0.05, 0.1) is 17.1 Å². The largest absolute Gasteiger partial charge is 0.386 e. The third kappa shape index (κ3) is 6.79. The van der Waals surface area contributed by atoms with Gasteiger partial charge in [-0.25, -0.2) is 27.9 Å². The van der Waals surface area contributed by atoms with Crippen molar-refractivity contribution in [1.29, 1.82) is 5.41 Å². The second-order valence-electron chi connectivity index (χ2n) is 8.53. The number of amides is 2. The highest BCUT2D eigenvalue weighted by molar-refractivity contribution is 6.29. The molecule has 0 aliphatic heterocycles. The zero-order valence-corrected chi connectivity index (χ0v) is 19.2. The lowest BCUT2D eigenvalue weighted by Crippen LogP contribution is -2.32. The van der Waals surface area contributed by atoms with E-state index in [9.17, 15) is 18.0 Å². The molecule has 11 heteroatoms. The van der Waals surface area contributed by atoms with Crippen LogP contribution in [0.3, 0.4) is 0 Å². The first kappa shape index (κ1) is 25.2. The van der Waals surface area contributed by atoms with Gasteiger partial charge in [0.1, 0.15) is 5.82 Å². The maximum atomic E-state index is 14.5. The van der Waals surface area contributed by atoms with Crippen molar-refractivity contribution in [2.24, 2.45) is 0 Å². The Kier molecular flexibility index (Phi) is 7.38. The van der Waals surface area contributed by atoms with Gasteiger partial charge in [-0.3, -0.25) is 5.41 Å². The number of carbonyl (C=O) groups is 1. The van der Waals surface area contributed by atoms with Crippen LogP contribution in [0.5, 0.6) is 0 Å². The molecule has 0 atom stereocenters. The van der Waals surface area contributed by atoms with Gasteiger partial charge in [-0.15, -0.1) is 0 Å². The first-order chi connectivity index (χ1) is 16.4. The smallest absolute Gasteiger partial charge is 0.323 e. The van der Waals surface area contributed by atoms with Crippen molar-refractivity contribution in [1.82, 2.24) is 15.3 Å². The van der Waals surface area contributed by atoms with E-state index in [0.717, 1.165) is 18.2 Å². The van der Waals surface area contributed by atoms with Crippen molar-refractivity contribution in [2.75, 3.05) is 16.4 Å². The van der Waals surface area contributed by atoms with Crippen molar-refractivity contribution in [3.8, 4) is 0 Å². The van der Waals surface area contributed by atoms with Crippen LogP contribution in [-0.4, -0.2) is 27.2 Å². The van der Waals surface area contributed by atoms with E-state index in [1.807, 2.05) is 20.8 Å². The number of anilines is 3. The highest BCUT2D eigenvalue weighted by Gasteiger charge is 2.17. The summed E-state index contributed by atoms with van der Waals surface area (Å²) in [5, 5.41) is 16.5. The molecule has 3 aromatic rings. The molecule has 182 valence electrons. The predicted octanol–water partition coefficient (Wildman–Crippen LogP) is 4.92. The number of hydrogen-bond donors (Lipinski definition) is 5. The van der Waals surface area contributed by atoms with Crippen molar-refractivity contribution < 1.29 is 18.0 Å². The number of halogens is 3. The second-order valence-corrected chi connectivity index (χ2v) is 8.53. The van der Waals surface area contributed by atoms with Crippen LogP contribution in [0.4, 0.5) is 35.3 Å². The molecule has 8 nitrogen and oxygen atoms in total. The Morgan fingerprint density at radius 3 is 2.37 bits per heavy atom. The van der Waals surface area contributed by atoms with Crippen molar-refractivity contribution in [3.05, 3.63) is 83.6 Å². The Bertz CT molecular complexity index is 1300. The quantitative estimate of drug-likeness (QED) is 0.318. The molecule has 6 N–H and O–H groups in total. The summed E-state index contributed by atoms with van der Waals surface area (Å²) in [4.78, 5) is 20.3. The fraction of sp³-hybridized carbons (Fsp3) is 0.167. The molecule has 0 fully saturated rings. The summed E-state index contributed by atoms with van der Waals surface area (Å²) < 4.78 is 41.0. The summed E-state index contributed by atoms with van der Waals surface area (Å²) >= 11 is 0. The average Bonchev–Trinajstić information content (AvgIpc) is 2.77. The summed E-state index contributed by atoms with van der Waals surface area (Å²) in [5.41, 5.74) is 6.07. The molecule has 0 bridgehead atoms. The molecule has 1 heterocycles. The zero-order valence-electron chi connectivity index (χ0n) is 19.2. The van der Waals surface area contributed by atoms with Crippen LogP contribution < -0.4 is 21.7 Å². The van der Waals surface area contributed by atoms with Crippen LogP contribution in [0.1, 0.15) is 32.0 Å². The van der Waals surface area contributed by atoms with Crippen molar-refractivity contribution in [3.63, 3.8) is 0 Å². The molecular formula is C24H24F3N7O. The SMILES string of the molecule is CC(C)(C)N/C=C(\C(=N)c1ccnc(N)n1)c1ccc(F)c(NC(=O)Nc2ccc(F)c(F)c2)c1. The molecule has 0 unspecified atom stereocenters. The standard InChI is InChI=1S/C24H24F3N7O/c1-24(2,3)31-12-15(21(28)19-8-9-30-22(29)33-19)13-4-6-17(26)20(10-13)34-23(35)32-14-5-7-16(25)18(27)11-14/h4-12,28,31H,1-3H3,(H2,29,30,33)(H2,32,34,35)/b15-12-,28-21?. The number of carbonyl (C=O) groups excluding carboxylic acids is 1. The fourth-order valence-electron chi connectivity index (χ4n) is 2.89. The highest BCUT2D eigenvalue weighted by Crippen LogP contribution is 2.25. The summed E-state index contributed by atoms with van der Waals surface area (Å²) in [5.74, 6) is -2.95. The molecule has 0 aliphatic rings. The van der Waals surface area contributed by atoms with E-state index in [-0.39, 0.29) is 34.3 Å². The van der Waals surface area contributed by atoms with Crippen LogP contribution in [0.15, 0.2) is 54.9 Å². The first-order valence-electron chi connectivity index (χ1n) is 10.4. The van der Waals surface area contributed by atoms with E-state index in [0.29, 0.717) is 11.1 Å². The second kappa shape index (κ2) is 10.2. The highest BCUT2D eigenvalue weighted by atomic mass is 19.2. The van der Waals surface area contributed by atoms with E-state index in [1.165, 1.54) is 30.5 Å². The monoisotopic (exact) mass is 483 g/mol. The Morgan fingerprint density at radius 1 is 1.00 bits per heavy atom. The Morgan fingerprint density at radius 2 is 1.71 bits per heavy atom. The summed E-state index contributed by atoms with van der Waals surface area (Å²) in [6, 6.07) is 7.39. The molecule has 2 aromatic carbocycles. The van der Waals surface area contributed by atoms with Crippen LogP contribution in [0, 0.1) is 22.9 Å². The van der Waals surface area contributed by atoms with Gasteiger partial charge in [-0.2, -0.15) is 0 Å². The number of nitrogens with two attached hydrogens (primary N) is 1. The van der Waals surface area contributed by atoms with Crippen molar-refractivity contribution >= 4 is 34.6 Å². The molecule has 1 aromatic heterocycles. The van der Waals surface area contributed by atoms with Gasteiger partial charge in [0.2, 0.25) is 5.95 Å². The summed E-state index contributed by atoms with van der Waals surface area (Å²) in [6.07, 6.45) is 3.01. The zero-order chi connectivity index (χ0) is 25.8. The fourth-order valence-corrected chi connectivity index (χ4v) is 2.89. The molecular weight excluding hydrogens is 459 g/mol. The van der Waals surface area contributed by atoms with E-state index < -0.39 is 23.5 Å². The Labute approximate surface area is 200 Å². The minimum Gasteiger partial charge on any atom is -0.386 e. The third-order valence-corrected chi connectivity index (χ3v) is 4.55. The Balaban J connectivity index is 1.92. The third-order valence-electron chi connectivity index (χ3n) is 4.55. The molecule has 0 saturated heterocycles. The van der Waals surface area contributed by atoms with Gasteiger partial charge >= 0.3 is 6.03 Å². The van der Waals surface area contributed by atoms with Crippen LogP contribution in [0.25, 0.3) is 5.57 Å². The van der Waals surface area contributed by atoms with Crippen LogP contribution in [0.2, 0.25) is 0 Å². The maximum Gasteiger partial charge on any atom is 0.323 e. The number of aromatic nitrogens is 2. The average molecular weight is 483 g/mol. The van der Waals surface area contributed by atoms with E-state index in [4.69, 9.17) is 11.1 Å². The Hall–Kier alpha value is -4.41. The van der Waals surface area contributed by atoms with E-state index in [2.05, 4.69) is 25.9 Å². The first-order valence-corrected chi connectivity index (χ1v) is 10.4. The minimum atomic E-state index is -1.14. The predicted molar refractivity (Wildman–Crippen MR) is 130 cm³/mol. The van der Waals surface area contributed by atoms with E-state index in [1.54, 1.807) is 6.20 Å². The molecule has 0 radical (unpaired) electrons. The number of nitrogens with one attached hydrogen (secondary N) is 4. The number of nitrogen functional groups attached to an aromatic ring is 1. The number of hydrogen-bond acceptors (Lipinski definition) is 6. The number of rotatable bonds is 6. The number of urea groups is 1. The summed E-state index contributed by atoms with van der Waals surface area (Å²) in [7, 11) is 0. The lowest BCUT2D eigenvalue weighted by atomic mass is 9.98. The molecule has 0 aliphatic carbocycles. The van der Waals surface area contributed by atoms with Gasteiger partial charge in [0.25, 0.3) is 0 Å². The van der Waals surface area contributed by atoms with Gasteiger partial charge in [-0.1, -0.05) is 6.07 Å². The number of benzene rings is 2. The molecule has 2 amide bonds. The molecule has 35 heavy (non-hydrogen) atoms. The van der Waals surface area contributed by atoms with Gasteiger partial charge in [0.15, 0.2) is 11.6 Å². The van der Waals surface area contributed by atoms with Crippen LogP contribution in [-0.2, 0) is 0 Å². The van der Waals surface area contributed by atoms with Gasteiger partial charge < -0.3 is 21.7 Å². The minimum absolute atomic E-state index is 0.00857. The lowest BCUT2D eigenvalue weighted by molar-refractivity contribution is 0.262. The number of nitrogens with zero attached hydrogens (tertiary/aromatic N) is 2. The lowest BCUT2D eigenvalue weighted by Gasteiger charge is -2.21. The normalized spacial score (nSPS) is 11.7. The van der Waals surface area contributed by atoms with Crippen LogP contribution >= 0.6 is 0 Å². The van der Waals surface area contributed by atoms with Gasteiger partial charge in [0, 0.05) is 35.3 Å². The van der Waals surface area contributed by atoms with E-state index >= 15 is 0 Å². The summed E-state index contributed by atoms with van der Waals surface area (Å²) in [6.45, 7) is 5.77. The molecule has 3 rings (SSSR count). The maximum absolute atomic E-state index is 14.5.